The Kier molecular flexibility index (Phi) is 6.16. The van der Waals surface area contributed by atoms with Crippen molar-refractivity contribution < 1.29 is 22.3 Å². The van der Waals surface area contributed by atoms with Gasteiger partial charge in [-0.3, -0.25) is 4.72 Å². The van der Waals surface area contributed by atoms with Crippen molar-refractivity contribution in [2.75, 3.05) is 25.5 Å². The third-order valence-corrected chi connectivity index (χ3v) is 4.85. The number of sulfonamides is 1. The van der Waals surface area contributed by atoms with Crippen LogP contribution in [0.1, 0.15) is 12.0 Å². The molecule has 0 radical (unpaired) electrons. The van der Waals surface area contributed by atoms with E-state index >= 15 is 0 Å². The lowest BCUT2D eigenvalue weighted by atomic mass is 10.1. The molecule has 0 aliphatic heterocycles. The van der Waals surface area contributed by atoms with Gasteiger partial charge in [0.2, 0.25) is 0 Å². The standard InChI is InChI=1S/C17H20FNO4S/c1-22-11-3-4-13-5-8-15(9-6-13)24(20,21)19-14-7-10-17(23-2)16(18)12-14/h5-10,12,19H,3-4,11H2,1-2H3. The Bertz CT molecular complexity index is 776. The van der Waals surface area contributed by atoms with Gasteiger partial charge >= 0.3 is 0 Å². The average Bonchev–Trinajstić information content (AvgIpc) is 2.55. The molecule has 0 fully saturated rings. The van der Waals surface area contributed by atoms with Gasteiger partial charge in [0.05, 0.1) is 17.7 Å². The monoisotopic (exact) mass is 353 g/mol. The molecule has 2 rings (SSSR count). The highest BCUT2D eigenvalue weighted by atomic mass is 32.2. The Labute approximate surface area is 141 Å². The second kappa shape index (κ2) is 8.12. The fourth-order valence-electron chi connectivity index (χ4n) is 2.20. The lowest BCUT2D eigenvalue weighted by molar-refractivity contribution is 0.195. The van der Waals surface area contributed by atoms with Crippen LogP contribution in [-0.2, 0) is 21.2 Å². The van der Waals surface area contributed by atoms with Gasteiger partial charge in [0, 0.05) is 19.8 Å². The van der Waals surface area contributed by atoms with Gasteiger partial charge in [-0.15, -0.1) is 0 Å². The quantitative estimate of drug-likeness (QED) is 0.740. The first-order chi connectivity index (χ1) is 11.5. The van der Waals surface area contributed by atoms with Crippen LogP contribution in [0, 0.1) is 5.82 Å². The van der Waals surface area contributed by atoms with Gasteiger partial charge in [-0.05, 0) is 42.7 Å². The molecule has 7 heteroatoms. The van der Waals surface area contributed by atoms with Crippen LogP contribution in [0.5, 0.6) is 5.75 Å². The summed E-state index contributed by atoms with van der Waals surface area (Å²) in [6, 6.07) is 10.5. The van der Waals surface area contributed by atoms with Gasteiger partial charge < -0.3 is 9.47 Å². The van der Waals surface area contributed by atoms with Crippen LogP contribution in [0.2, 0.25) is 0 Å². The average molecular weight is 353 g/mol. The molecule has 0 amide bonds. The molecule has 0 atom stereocenters. The fourth-order valence-corrected chi connectivity index (χ4v) is 3.25. The molecule has 0 saturated carbocycles. The number of hydrogen-bond donors (Lipinski definition) is 1. The minimum atomic E-state index is -3.77. The van der Waals surface area contributed by atoms with Crippen LogP contribution in [-0.4, -0.2) is 29.2 Å². The Morgan fingerprint density at radius 3 is 2.38 bits per heavy atom. The second-order valence-electron chi connectivity index (χ2n) is 5.20. The molecule has 0 spiro atoms. The summed E-state index contributed by atoms with van der Waals surface area (Å²) in [6.07, 6.45) is 1.68. The summed E-state index contributed by atoms with van der Waals surface area (Å²) in [5.74, 6) is -0.579. The highest BCUT2D eigenvalue weighted by Crippen LogP contribution is 2.23. The number of anilines is 1. The fraction of sp³-hybridized carbons (Fsp3) is 0.294. The summed E-state index contributed by atoms with van der Waals surface area (Å²) in [6.45, 7) is 0.657. The molecule has 0 unspecified atom stereocenters. The second-order valence-corrected chi connectivity index (χ2v) is 6.88. The molecule has 0 aliphatic carbocycles. The van der Waals surface area contributed by atoms with Crippen molar-refractivity contribution in [3.63, 3.8) is 0 Å². The topological polar surface area (TPSA) is 64.6 Å². The normalized spacial score (nSPS) is 11.3. The van der Waals surface area contributed by atoms with Gasteiger partial charge in [-0.2, -0.15) is 0 Å². The lowest BCUT2D eigenvalue weighted by Gasteiger charge is -2.10. The van der Waals surface area contributed by atoms with E-state index in [4.69, 9.17) is 9.47 Å². The van der Waals surface area contributed by atoms with E-state index in [2.05, 4.69) is 4.72 Å². The van der Waals surface area contributed by atoms with E-state index in [0.717, 1.165) is 24.5 Å². The summed E-state index contributed by atoms with van der Waals surface area (Å²) >= 11 is 0. The summed E-state index contributed by atoms with van der Waals surface area (Å²) in [7, 11) is -0.788. The van der Waals surface area contributed by atoms with Crippen LogP contribution in [0.15, 0.2) is 47.4 Å². The zero-order chi connectivity index (χ0) is 17.6. The van der Waals surface area contributed by atoms with Crippen molar-refractivity contribution in [1.29, 1.82) is 0 Å². The molecule has 0 aromatic heterocycles. The molecule has 0 saturated heterocycles. The SMILES string of the molecule is COCCCc1ccc(S(=O)(=O)Nc2ccc(OC)c(F)c2)cc1. The molecule has 2 aromatic rings. The highest BCUT2D eigenvalue weighted by molar-refractivity contribution is 7.92. The van der Waals surface area contributed by atoms with E-state index < -0.39 is 15.8 Å². The van der Waals surface area contributed by atoms with E-state index in [0.29, 0.717) is 6.61 Å². The van der Waals surface area contributed by atoms with Gasteiger partial charge in [-0.25, -0.2) is 12.8 Å². The lowest BCUT2D eigenvalue weighted by Crippen LogP contribution is -2.13. The maximum absolute atomic E-state index is 13.7. The third-order valence-electron chi connectivity index (χ3n) is 3.45. The van der Waals surface area contributed by atoms with Gasteiger partial charge in [0.15, 0.2) is 11.6 Å². The van der Waals surface area contributed by atoms with Crippen molar-refractivity contribution in [1.82, 2.24) is 0 Å². The zero-order valence-electron chi connectivity index (χ0n) is 13.6. The smallest absolute Gasteiger partial charge is 0.261 e. The van der Waals surface area contributed by atoms with E-state index in [1.54, 1.807) is 19.2 Å². The number of rotatable bonds is 8. The number of methoxy groups -OCH3 is 2. The van der Waals surface area contributed by atoms with Crippen LogP contribution >= 0.6 is 0 Å². The van der Waals surface area contributed by atoms with Crippen LogP contribution < -0.4 is 9.46 Å². The van der Waals surface area contributed by atoms with Crippen LogP contribution in [0.3, 0.4) is 0 Å². The molecule has 1 N–H and O–H groups in total. The van der Waals surface area contributed by atoms with Crippen molar-refractivity contribution >= 4 is 15.7 Å². The van der Waals surface area contributed by atoms with Gasteiger partial charge in [-0.1, -0.05) is 12.1 Å². The molecular formula is C17H20FNO4S. The van der Waals surface area contributed by atoms with Crippen molar-refractivity contribution in [2.45, 2.75) is 17.7 Å². The Hall–Kier alpha value is -2.12. The van der Waals surface area contributed by atoms with Crippen molar-refractivity contribution in [3.05, 3.63) is 53.8 Å². The summed E-state index contributed by atoms with van der Waals surface area (Å²) < 4.78 is 50.5. The third kappa shape index (κ3) is 4.69. The molecule has 130 valence electrons. The zero-order valence-corrected chi connectivity index (χ0v) is 14.4. The Morgan fingerprint density at radius 2 is 1.79 bits per heavy atom. The maximum Gasteiger partial charge on any atom is 0.261 e. The van der Waals surface area contributed by atoms with E-state index in [1.165, 1.54) is 31.4 Å². The van der Waals surface area contributed by atoms with Gasteiger partial charge in [0.1, 0.15) is 0 Å². The number of aryl methyl sites for hydroxylation is 1. The molecule has 24 heavy (non-hydrogen) atoms. The first kappa shape index (κ1) is 18.2. The summed E-state index contributed by atoms with van der Waals surface area (Å²) in [5, 5.41) is 0. The number of nitrogens with one attached hydrogen (secondary N) is 1. The van der Waals surface area contributed by atoms with E-state index in [1.807, 2.05) is 0 Å². The Balaban J connectivity index is 2.11. The molecule has 0 bridgehead atoms. The predicted molar refractivity (Wildman–Crippen MR) is 90.4 cm³/mol. The largest absolute Gasteiger partial charge is 0.494 e. The first-order valence-electron chi connectivity index (χ1n) is 7.40. The number of benzene rings is 2. The number of ether oxygens (including phenoxy) is 2. The van der Waals surface area contributed by atoms with Crippen LogP contribution in [0.4, 0.5) is 10.1 Å². The minimum absolute atomic E-state index is 0.0540. The maximum atomic E-state index is 13.7. The van der Waals surface area contributed by atoms with E-state index in [-0.39, 0.29) is 16.3 Å². The Morgan fingerprint density at radius 1 is 1.08 bits per heavy atom. The summed E-state index contributed by atoms with van der Waals surface area (Å²) in [5.41, 5.74) is 1.17. The summed E-state index contributed by atoms with van der Waals surface area (Å²) in [4.78, 5) is 0.120. The molecular weight excluding hydrogens is 333 g/mol. The molecule has 0 aliphatic rings. The highest BCUT2D eigenvalue weighted by Gasteiger charge is 2.15. The number of halogens is 1. The predicted octanol–water partition coefficient (Wildman–Crippen LogP) is 3.21. The molecule has 2 aromatic carbocycles. The van der Waals surface area contributed by atoms with Gasteiger partial charge in [0.25, 0.3) is 10.0 Å². The van der Waals surface area contributed by atoms with Crippen LogP contribution in [0.25, 0.3) is 0 Å². The number of hydrogen-bond acceptors (Lipinski definition) is 4. The minimum Gasteiger partial charge on any atom is -0.494 e. The molecule has 5 nitrogen and oxygen atoms in total. The molecule has 0 heterocycles. The van der Waals surface area contributed by atoms with Crippen molar-refractivity contribution in [2.24, 2.45) is 0 Å². The van der Waals surface area contributed by atoms with E-state index in [9.17, 15) is 12.8 Å². The first-order valence-corrected chi connectivity index (χ1v) is 8.89. The van der Waals surface area contributed by atoms with Crippen molar-refractivity contribution in [3.8, 4) is 5.75 Å².